The number of anilines is 1. The molecule has 150 valence electrons. The molecule has 0 fully saturated rings. The highest BCUT2D eigenvalue weighted by atomic mass is 32.1. The lowest BCUT2D eigenvalue weighted by atomic mass is 10.1. The van der Waals surface area contributed by atoms with Gasteiger partial charge in [-0.25, -0.2) is 4.79 Å². The van der Waals surface area contributed by atoms with Gasteiger partial charge in [0.25, 0.3) is 0 Å². The topological polar surface area (TPSA) is 73.9 Å². The van der Waals surface area contributed by atoms with Gasteiger partial charge in [-0.15, -0.1) is 11.3 Å². The quantitative estimate of drug-likeness (QED) is 0.675. The molecule has 0 saturated heterocycles. The second kappa shape index (κ2) is 9.10. The van der Waals surface area contributed by atoms with Crippen molar-refractivity contribution in [3.05, 3.63) is 39.8 Å². The molecule has 1 aliphatic carbocycles. The third-order valence-corrected chi connectivity index (χ3v) is 5.94. The summed E-state index contributed by atoms with van der Waals surface area (Å²) in [6, 6.07) is 5.67. The summed E-state index contributed by atoms with van der Waals surface area (Å²) >= 11 is 1.49. The fourth-order valence-electron chi connectivity index (χ4n) is 3.40. The van der Waals surface area contributed by atoms with Crippen LogP contribution in [0.3, 0.4) is 0 Å². The van der Waals surface area contributed by atoms with E-state index in [2.05, 4.69) is 5.32 Å². The Labute approximate surface area is 168 Å². The number of amides is 1. The molecule has 1 aliphatic rings. The average molecular weight is 404 g/mol. The maximum Gasteiger partial charge on any atom is 0.341 e. The Hall–Kier alpha value is -2.54. The van der Waals surface area contributed by atoms with Crippen LogP contribution in [0.1, 0.15) is 46.1 Å². The smallest absolute Gasteiger partial charge is 0.341 e. The summed E-state index contributed by atoms with van der Waals surface area (Å²) in [7, 11) is 2.96. The first kappa shape index (κ1) is 20.2. The fourth-order valence-corrected chi connectivity index (χ4v) is 4.69. The van der Waals surface area contributed by atoms with E-state index in [0.29, 0.717) is 41.5 Å². The first-order valence-electron chi connectivity index (χ1n) is 9.39. The maximum atomic E-state index is 12.5. The minimum absolute atomic E-state index is 0.127. The van der Waals surface area contributed by atoms with Gasteiger partial charge in [-0.1, -0.05) is 6.07 Å². The fraction of sp³-hybridized carbons (Fsp3) is 0.429. The molecule has 1 N–H and O–H groups in total. The molecular formula is C21H25NO5S. The van der Waals surface area contributed by atoms with Crippen molar-refractivity contribution in [1.29, 1.82) is 0 Å². The molecule has 28 heavy (non-hydrogen) atoms. The van der Waals surface area contributed by atoms with Crippen molar-refractivity contribution in [3.8, 4) is 11.5 Å². The highest BCUT2D eigenvalue weighted by molar-refractivity contribution is 7.17. The Balaban J connectivity index is 1.66. The van der Waals surface area contributed by atoms with Gasteiger partial charge in [0.15, 0.2) is 11.5 Å². The number of carbonyl (C=O) groups is 2. The van der Waals surface area contributed by atoms with Crippen LogP contribution < -0.4 is 14.8 Å². The average Bonchev–Trinajstić information content (AvgIpc) is 3.27. The number of fused-ring (bicyclic) bond motifs is 1. The molecule has 2 aromatic rings. The summed E-state index contributed by atoms with van der Waals surface area (Å²) in [4.78, 5) is 25.8. The lowest BCUT2D eigenvalue weighted by molar-refractivity contribution is -0.116. The van der Waals surface area contributed by atoms with Gasteiger partial charge in [0.1, 0.15) is 5.00 Å². The normalized spacial score (nSPS) is 12.4. The van der Waals surface area contributed by atoms with Gasteiger partial charge in [0.05, 0.1) is 26.4 Å². The third-order valence-electron chi connectivity index (χ3n) is 4.73. The van der Waals surface area contributed by atoms with Gasteiger partial charge in [-0.3, -0.25) is 4.79 Å². The standard InChI is InChI=1S/C21H25NO5S/c1-4-27-15-10-8-13(12-16(15)25-2)9-11-18(23)22-20-19(21(24)26-3)14-6-5-7-17(14)28-20/h8,10,12H,4-7,9,11H2,1-3H3,(H,22,23). The van der Waals surface area contributed by atoms with Crippen LogP contribution in [0.4, 0.5) is 5.00 Å². The van der Waals surface area contributed by atoms with E-state index in [1.165, 1.54) is 23.3 Å². The summed E-state index contributed by atoms with van der Waals surface area (Å²) in [6.45, 7) is 2.48. The van der Waals surface area contributed by atoms with E-state index >= 15 is 0 Å². The van der Waals surface area contributed by atoms with E-state index in [4.69, 9.17) is 14.2 Å². The van der Waals surface area contributed by atoms with Gasteiger partial charge >= 0.3 is 5.97 Å². The minimum Gasteiger partial charge on any atom is -0.493 e. The molecule has 0 saturated carbocycles. The second-order valence-electron chi connectivity index (χ2n) is 6.52. The van der Waals surface area contributed by atoms with Crippen LogP contribution in [0.5, 0.6) is 11.5 Å². The molecule has 0 bridgehead atoms. The molecule has 1 aromatic heterocycles. The van der Waals surface area contributed by atoms with Crippen LogP contribution in [-0.4, -0.2) is 32.7 Å². The first-order chi connectivity index (χ1) is 13.6. The van der Waals surface area contributed by atoms with E-state index in [1.807, 2.05) is 25.1 Å². The summed E-state index contributed by atoms with van der Waals surface area (Å²) in [5.74, 6) is 0.834. The molecular weight excluding hydrogens is 378 g/mol. The number of hydrogen-bond acceptors (Lipinski definition) is 6. The third kappa shape index (κ3) is 4.30. The van der Waals surface area contributed by atoms with E-state index in [1.54, 1.807) is 7.11 Å². The van der Waals surface area contributed by atoms with Gasteiger partial charge in [0.2, 0.25) is 5.91 Å². The molecule has 0 unspecified atom stereocenters. The maximum absolute atomic E-state index is 12.5. The summed E-state index contributed by atoms with van der Waals surface area (Å²) in [5.41, 5.74) is 2.54. The Morgan fingerprint density at radius 3 is 2.71 bits per heavy atom. The van der Waals surface area contributed by atoms with E-state index in [0.717, 1.165) is 30.4 Å². The number of aryl methyl sites for hydroxylation is 2. The molecule has 7 heteroatoms. The van der Waals surface area contributed by atoms with Crippen molar-refractivity contribution in [1.82, 2.24) is 0 Å². The van der Waals surface area contributed by atoms with Crippen LogP contribution in [0.15, 0.2) is 18.2 Å². The Bertz CT molecular complexity index is 874. The van der Waals surface area contributed by atoms with Crippen LogP contribution in [0.25, 0.3) is 0 Å². The Kier molecular flexibility index (Phi) is 6.57. The number of methoxy groups -OCH3 is 2. The second-order valence-corrected chi connectivity index (χ2v) is 7.62. The van der Waals surface area contributed by atoms with Crippen molar-refractivity contribution in [2.75, 3.05) is 26.1 Å². The van der Waals surface area contributed by atoms with Crippen molar-refractivity contribution < 1.29 is 23.8 Å². The van der Waals surface area contributed by atoms with Gasteiger partial charge in [-0.05, 0) is 55.9 Å². The molecule has 6 nitrogen and oxygen atoms in total. The number of nitrogens with one attached hydrogen (secondary N) is 1. The molecule has 0 aliphatic heterocycles. The first-order valence-corrected chi connectivity index (χ1v) is 10.2. The Morgan fingerprint density at radius 1 is 1.18 bits per heavy atom. The minimum atomic E-state index is -0.383. The van der Waals surface area contributed by atoms with E-state index in [-0.39, 0.29) is 11.9 Å². The van der Waals surface area contributed by atoms with Gasteiger partial charge in [0, 0.05) is 11.3 Å². The summed E-state index contributed by atoms with van der Waals surface area (Å²) in [6.07, 6.45) is 3.72. The zero-order chi connectivity index (χ0) is 20.1. The van der Waals surface area contributed by atoms with Gasteiger partial charge in [-0.2, -0.15) is 0 Å². The Morgan fingerprint density at radius 2 is 2.00 bits per heavy atom. The number of hydrogen-bond donors (Lipinski definition) is 1. The molecule has 0 radical (unpaired) electrons. The zero-order valence-electron chi connectivity index (χ0n) is 16.4. The molecule has 0 spiro atoms. The lowest BCUT2D eigenvalue weighted by Crippen LogP contribution is -2.15. The number of rotatable bonds is 8. The van der Waals surface area contributed by atoms with Crippen molar-refractivity contribution in [2.24, 2.45) is 0 Å². The lowest BCUT2D eigenvalue weighted by Gasteiger charge is -2.11. The number of benzene rings is 1. The van der Waals surface area contributed by atoms with Crippen molar-refractivity contribution in [2.45, 2.75) is 39.0 Å². The van der Waals surface area contributed by atoms with Crippen molar-refractivity contribution >= 4 is 28.2 Å². The van der Waals surface area contributed by atoms with E-state index in [9.17, 15) is 9.59 Å². The van der Waals surface area contributed by atoms with Crippen molar-refractivity contribution in [3.63, 3.8) is 0 Å². The molecule has 1 amide bonds. The summed E-state index contributed by atoms with van der Waals surface area (Å²) in [5, 5.41) is 3.51. The molecule has 1 aromatic carbocycles. The molecule has 0 atom stereocenters. The van der Waals surface area contributed by atoms with Crippen LogP contribution >= 0.6 is 11.3 Å². The highest BCUT2D eigenvalue weighted by Gasteiger charge is 2.27. The predicted octanol–water partition coefficient (Wildman–Crippen LogP) is 4.00. The van der Waals surface area contributed by atoms with Gasteiger partial charge < -0.3 is 19.5 Å². The van der Waals surface area contributed by atoms with Crippen LogP contribution in [0, 0.1) is 0 Å². The van der Waals surface area contributed by atoms with Crippen LogP contribution in [0.2, 0.25) is 0 Å². The number of esters is 1. The number of thiophene rings is 1. The number of ether oxygens (including phenoxy) is 3. The largest absolute Gasteiger partial charge is 0.493 e. The van der Waals surface area contributed by atoms with Crippen LogP contribution in [-0.2, 0) is 28.8 Å². The number of carbonyl (C=O) groups excluding carboxylic acids is 2. The van der Waals surface area contributed by atoms with E-state index < -0.39 is 0 Å². The molecule has 1 heterocycles. The summed E-state index contributed by atoms with van der Waals surface area (Å²) < 4.78 is 15.8. The SMILES string of the molecule is CCOc1ccc(CCC(=O)Nc2sc3c(c2C(=O)OC)CCC3)cc1OC. The monoisotopic (exact) mass is 403 g/mol. The zero-order valence-corrected chi connectivity index (χ0v) is 17.2. The highest BCUT2D eigenvalue weighted by Crippen LogP contribution is 2.39. The predicted molar refractivity (Wildman–Crippen MR) is 109 cm³/mol. The molecule has 3 rings (SSSR count).